The highest BCUT2D eigenvalue weighted by Gasteiger charge is 2.31. The first-order valence-corrected chi connectivity index (χ1v) is 12.0. The van der Waals surface area contributed by atoms with Crippen LogP contribution in [0.2, 0.25) is 0 Å². The van der Waals surface area contributed by atoms with Crippen molar-refractivity contribution in [1.82, 2.24) is 14.8 Å². The van der Waals surface area contributed by atoms with Crippen molar-refractivity contribution in [2.24, 2.45) is 0 Å². The third-order valence-corrected chi connectivity index (χ3v) is 6.96. The van der Waals surface area contributed by atoms with Gasteiger partial charge in [-0.2, -0.15) is 0 Å². The van der Waals surface area contributed by atoms with E-state index in [9.17, 15) is 4.79 Å². The van der Waals surface area contributed by atoms with Gasteiger partial charge in [0.2, 0.25) is 5.91 Å². The van der Waals surface area contributed by atoms with Crippen molar-refractivity contribution in [2.75, 3.05) is 5.32 Å². The van der Waals surface area contributed by atoms with E-state index in [0.29, 0.717) is 11.8 Å². The van der Waals surface area contributed by atoms with E-state index in [4.69, 9.17) is 0 Å². The lowest BCUT2D eigenvalue weighted by atomic mass is 9.99. The van der Waals surface area contributed by atoms with Crippen molar-refractivity contribution in [3.05, 3.63) is 71.5 Å². The molecule has 5 nitrogen and oxygen atoms in total. The Balaban J connectivity index is 1.44. The Morgan fingerprint density at radius 2 is 1.81 bits per heavy atom. The van der Waals surface area contributed by atoms with Crippen LogP contribution < -0.4 is 5.32 Å². The summed E-state index contributed by atoms with van der Waals surface area (Å²) >= 11 is 1.47. The zero-order chi connectivity index (χ0) is 21.8. The van der Waals surface area contributed by atoms with Gasteiger partial charge in [0, 0.05) is 11.6 Å². The number of thioether (sulfide) groups is 1. The largest absolute Gasteiger partial charge is 0.325 e. The molecule has 1 saturated carbocycles. The second kappa shape index (κ2) is 9.69. The summed E-state index contributed by atoms with van der Waals surface area (Å²) < 4.78 is 2.18. The first-order valence-electron chi connectivity index (χ1n) is 11.1. The molecule has 0 radical (unpaired) electrons. The average molecular weight is 435 g/mol. The molecule has 4 rings (SSSR count). The van der Waals surface area contributed by atoms with Crippen LogP contribution in [0.3, 0.4) is 0 Å². The summed E-state index contributed by atoms with van der Waals surface area (Å²) in [5.41, 5.74) is 3.34. The number of amides is 1. The predicted molar refractivity (Wildman–Crippen MR) is 127 cm³/mol. The van der Waals surface area contributed by atoms with E-state index < -0.39 is 0 Å². The van der Waals surface area contributed by atoms with Crippen molar-refractivity contribution in [2.45, 2.75) is 68.8 Å². The van der Waals surface area contributed by atoms with Gasteiger partial charge in [-0.1, -0.05) is 68.1 Å². The first kappa shape index (κ1) is 21.6. The Labute approximate surface area is 188 Å². The van der Waals surface area contributed by atoms with Crippen LogP contribution in [0.1, 0.15) is 68.8 Å². The fourth-order valence-electron chi connectivity index (χ4n) is 3.53. The van der Waals surface area contributed by atoms with Crippen LogP contribution in [-0.4, -0.2) is 25.9 Å². The van der Waals surface area contributed by atoms with E-state index in [-0.39, 0.29) is 11.2 Å². The molecule has 0 spiro atoms. The number of benzene rings is 2. The van der Waals surface area contributed by atoms with Crippen molar-refractivity contribution < 1.29 is 4.79 Å². The lowest BCUT2D eigenvalue weighted by Gasteiger charge is -2.15. The van der Waals surface area contributed by atoms with E-state index in [0.717, 1.165) is 29.6 Å². The molecule has 1 aliphatic carbocycles. The lowest BCUT2D eigenvalue weighted by molar-refractivity contribution is -0.115. The highest BCUT2D eigenvalue weighted by Crippen LogP contribution is 2.40. The number of hydrogen-bond donors (Lipinski definition) is 1. The normalized spacial score (nSPS) is 15.5. The van der Waals surface area contributed by atoms with E-state index in [1.54, 1.807) is 0 Å². The molecule has 1 amide bonds. The SMILES string of the molecule is CCC(C)c1ccc(NC(=O)C(C)Sc2nnc(C3CC3)n2Cc2ccccc2)cc1. The van der Waals surface area contributed by atoms with Crippen LogP contribution in [0.4, 0.5) is 5.69 Å². The fraction of sp³-hybridized carbons (Fsp3) is 0.400. The molecular formula is C25H30N4OS. The number of nitrogens with zero attached hydrogens (tertiary/aromatic N) is 3. The lowest BCUT2D eigenvalue weighted by Crippen LogP contribution is -2.23. The van der Waals surface area contributed by atoms with Gasteiger partial charge in [0.05, 0.1) is 11.8 Å². The molecule has 2 atom stereocenters. The number of aromatic nitrogens is 3. The van der Waals surface area contributed by atoms with Crippen molar-refractivity contribution >= 4 is 23.4 Å². The molecule has 1 aliphatic rings. The Kier molecular flexibility index (Phi) is 6.76. The standard InChI is InChI=1S/C25H30N4OS/c1-4-17(2)20-12-14-22(15-13-20)26-24(30)18(3)31-25-28-27-23(21-10-11-21)29(25)16-19-8-6-5-7-9-19/h5-9,12-15,17-18,21H,4,10-11,16H2,1-3H3,(H,26,30). The maximum absolute atomic E-state index is 12.8. The van der Waals surface area contributed by atoms with Gasteiger partial charge in [-0.3, -0.25) is 4.79 Å². The number of carbonyl (C=O) groups excluding carboxylic acids is 1. The minimum atomic E-state index is -0.278. The Hall–Kier alpha value is -2.60. The topological polar surface area (TPSA) is 59.8 Å². The van der Waals surface area contributed by atoms with Gasteiger partial charge >= 0.3 is 0 Å². The summed E-state index contributed by atoms with van der Waals surface area (Å²) in [4.78, 5) is 12.8. The molecule has 3 aromatic rings. The van der Waals surface area contributed by atoms with Gasteiger partial charge in [0.1, 0.15) is 5.82 Å². The third kappa shape index (κ3) is 5.37. The number of nitrogens with one attached hydrogen (secondary N) is 1. The third-order valence-electron chi connectivity index (χ3n) is 5.88. The second-order valence-electron chi connectivity index (χ2n) is 8.37. The summed E-state index contributed by atoms with van der Waals surface area (Å²) in [6.07, 6.45) is 3.44. The van der Waals surface area contributed by atoms with E-state index >= 15 is 0 Å². The molecule has 162 valence electrons. The molecule has 0 saturated heterocycles. The van der Waals surface area contributed by atoms with E-state index in [1.807, 2.05) is 37.3 Å². The van der Waals surface area contributed by atoms with Crippen LogP contribution in [0.5, 0.6) is 0 Å². The highest BCUT2D eigenvalue weighted by atomic mass is 32.2. The number of carbonyl (C=O) groups is 1. The molecule has 1 fully saturated rings. The monoisotopic (exact) mass is 434 g/mol. The second-order valence-corrected chi connectivity index (χ2v) is 9.68. The van der Waals surface area contributed by atoms with E-state index in [2.05, 4.69) is 58.2 Å². The smallest absolute Gasteiger partial charge is 0.237 e. The van der Waals surface area contributed by atoms with Gasteiger partial charge in [0.15, 0.2) is 5.16 Å². The summed E-state index contributed by atoms with van der Waals surface area (Å²) in [6, 6.07) is 18.5. The molecule has 0 bridgehead atoms. The minimum absolute atomic E-state index is 0.0245. The van der Waals surface area contributed by atoms with Crippen LogP contribution in [0.15, 0.2) is 59.8 Å². The minimum Gasteiger partial charge on any atom is -0.325 e. The summed E-state index contributed by atoms with van der Waals surface area (Å²) in [6.45, 7) is 7.05. The summed E-state index contributed by atoms with van der Waals surface area (Å²) in [5, 5.41) is 12.5. The molecule has 1 aromatic heterocycles. The van der Waals surface area contributed by atoms with Gasteiger partial charge in [0.25, 0.3) is 0 Å². The molecule has 6 heteroatoms. The Morgan fingerprint density at radius 3 is 2.45 bits per heavy atom. The molecule has 2 unspecified atom stereocenters. The van der Waals surface area contributed by atoms with Gasteiger partial charge < -0.3 is 9.88 Å². The van der Waals surface area contributed by atoms with Crippen LogP contribution in [0, 0.1) is 0 Å². The Bertz CT molecular complexity index is 1010. The van der Waals surface area contributed by atoms with Crippen molar-refractivity contribution in [3.63, 3.8) is 0 Å². The maximum atomic E-state index is 12.8. The molecule has 1 heterocycles. The van der Waals surface area contributed by atoms with Gasteiger partial charge in [-0.15, -0.1) is 10.2 Å². The number of rotatable bonds is 9. The molecule has 31 heavy (non-hydrogen) atoms. The van der Waals surface area contributed by atoms with Crippen LogP contribution in [-0.2, 0) is 11.3 Å². The van der Waals surface area contributed by atoms with Gasteiger partial charge in [-0.25, -0.2) is 0 Å². The van der Waals surface area contributed by atoms with Crippen molar-refractivity contribution in [1.29, 1.82) is 0 Å². The molecular weight excluding hydrogens is 404 g/mol. The van der Waals surface area contributed by atoms with Crippen LogP contribution in [0.25, 0.3) is 0 Å². The molecule has 1 N–H and O–H groups in total. The first-order chi connectivity index (χ1) is 15.0. The predicted octanol–water partition coefficient (Wildman–Crippen LogP) is 5.84. The van der Waals surface area contributed by atoms with Crippen molar-refractivity contribution in [3.8, 4) is 0 Å². The maximum Gasteiger partial charge on any atom is 0.237 e. The van der Waals surface area contributed by atoms with E-state index in [1.165, 1.54) is 35.7 Å². The summed E-state index contributed by atoms with van der Waals surface area (Å²) in [7, 11) is 0. The quantitative estimate of drug-likeness (QED) is 0.430. The molecule has 0 aliphatic heterocycles. The molecule has 2 aromatic carbocycles. The fourth-order valence-corrected chi connectivity index (χ4v) is 4.39. The zero-order valence-corrected chi connectivity index (χ0v) is 19.2. The highest BCUT2D eigenvalue weighted by molar-refractivity contribution is 8.00. The number of anilines is 1. The zero-order valence-electron chi connectivity index (χ0n) is 18.4. The Morgan fingerprint density at radius 1 is 1.10 bits per heavy atom. The summed E-state index contributed by atoms with van der Waals surface area (Å²) in [5.74, 6) is 2.04. The van der Waals surface area contributed by atoms with Gasteiger partial charge in [-0.05, 0) is 55.4 Å². The van der Waals surface area contributed by atoms with Crippen LogP contribution >= 0.6 is 11.8 Å². The average Bonchev–Trinajstić information content (AvgIpc) is 3.57. The number of hydrogen-bond acceptors (Lipinski definition) is 4.